The molecule has 2 aromatic rings. The normalized spacial score (nSPS) is 9.57. The molecule has 2 rings (SSSR count). The van der Waals surface area contributed by atoms with E-state index in [9.17, 15) is 4.79 Å². The van der Waals surface area contributed by atoms with Gasteiger partial charge in [0.1, 0.15) is 12.4 Å². The second-order valence-corrected chi connectivity index (χ2v) is 4.33. The van der Waals surface area contributed by atoms with Crippen LogP contribution < -0.4 is 15.4 Å². The van der Waals surface area contributed by atoms with Crippen molar-refractivity contribution in [3.05, 3.63) is 42.5 Å². The summed E-state index contributed by atoms with van der Waals surface area (Å²) in [5.41, 5.74) is 0. The number of hydrogen-bond donors (Lipinski definition) is 2. The first-order chi connectivity index (χ1) is 10.3. The molecule has 4 heteroatoms. The Morgan fingerprint density at radius 1 is 1.10 bits per heavy atom. The largest absolute Gasteiger partial charge is 0.480 e. The first kappa shape index (κ1) is 14.7. The lowest BCUT2D eigenvalue weighted by Crippen LogP contribution is -2.35. The van der Waals surface area contributed by atoms with Gasteiger partial charge in [-0.05, 0) is 18.4 Å². The van der Waals surface area contributed by atoms with Gasteiger partial charge in [0.25, 0.3) is 0 Å². The average molecular weight is 282 g/mol. The molecule has 0 aromatic heterocycles. The predicted molar refractivity (Wildman–Crippen MR) is 84.3 cm³/mol. The van der Waals surface area contributed by atoms with Crippen LogP contribution in [0.1, 0.15) is 6.92 Å². The van der Waals surface area contributed by atoms with E-state index in [1.54, 1.807) is 0 Å². The molecule has 0 saturated heterocycles. The van der Waals surface area contributed by atoms with E-state index in [0.717, 1.165) is 16.5 Å². The minimum atomic E-state index is -0.207. The van der Waals surface area contributed by atoms with Gasteiger partial charge in [0.05, 0.1) is 6.54 Å². The zero-order valence-corrected chi connectivity index (χ0v) is 12.0. The number of nitrogens with one attached hydrogen (secondary N) is 2. The van der Waals surface area contributed by atoms with Crippen molar-refractivity contribution in [1.82, 2.24) is 10.6 Å². The molecule has 0 aliphatic carbocycles. The number of urea groups is 1. The number of carbonyl (C=O) groups is 1. The Morgan fingerprint density at radius 2 is 1.90 bits per heavy atom. The third-order valence-corrected chi connectivity index (χ3v) is 2.85. The average Bonchev–Trinajstić information content (AvgIpc) is 2.51. The Bertz CT molecular complexity index is 666. The highest BCUT2D eigenvalue weighted by atomic mass is 16.5. The lowest BCUT2D eigenvalue weighted by atomic mass is 10.1. The molecule has 0 bridgehead atoms. The fourth-order valence-corrected chi connectivity index (χ4v) is 1.90. The van der Waals surface area contributed by atoms with Crippen LogP contribution >= 0.6 is 0 Å². The van der Waals surface area contributed by atoms with Crippen molar-refractivity contribution in [2.45, 2.75) is 6.92 Å². The molecule has 2 amide bonds. The Balaban J connectivity index is 1.85. The Morgan fingerprint density at radius 3 is 2.76 bits per heavy atom. The zero-order chi connectivity index (χ0) is 14.9. The standard InChI is InChI=1S/C17H18N2O2/c1-2-18-17(20)19-12-5-6-13-21-16-11-7-9-14-8-3-4-10-15(14)16/h3-4,7-11H,2,12-13H2,1H3,(H2,18,19,20). The number of ether oxygens (including phenoxy) is 1. The molecule has 4 nitrogen and oxygen atoms in total. The van der Waals surface area contributed by atoms with Crippen LogP contribution in [-0.4, -0.2) is 25.7 Å². The minimum Gasteiger partial charge on any atom is -0.480 e. The SMILES string of the molecule is CCNC(=O)NCC#CCOc1cccc2ccccc12. The smallest absolute Gasteiger partial charge is 0.315 e. The summed E-state index contributed by atoms with van der Waals surface area (Å²) in [5, 5.41) is 7.48. The molecular weight excluding hydrogens is 264 g/mol. The van der Waals surface area contributed by atoms with Gasteiger partial charge in [-0.25, -0.2) is 4.79 Å². The number of fused-ring (bicyclic) bond motifs is 1. The van der Waals surface area contributed by atoms with Gasteiger partial charge in [-0.2, -0.15) is 0 Å². The maximum absolute atomic E-state index is 11.1. The van der Waals surface area contributed by atoms with Crippen molar-refractivity contribution in [2.75, 3.05) is 19.7 Å². The number of benzene rings is 2. The fourth-order valence-electron chi connectivity index (χ4n) is 1.90. The van der Waals surface area contributed by atoms with Gasteiger partial charge in [-0.1, -0.05) is 48.2 Å². The predicted octanol–water partition coefficient (Wildman–Crippen LogP) is 2.54. The molecule has 0 fully saturated rings. The maximum atomic E-state index is 11.1. The number of rotatable bonds is 4. The van der Waals surface area contributed by atoms with E-state index in [2.05, 4.69) is 22.5 Å². The molecule has 2 aromatic carbocycles. The zero-order valence-electron chi connectivity index (χ0n) is 12.0. The van der Waals surface area contributed by atoms with Crippen LogP contribution in [0.4, 0.5) is 4.79 Å². The Kier molecular flexibility index (Phi) is 5.48. The van der Waals surface area contributed by atoms with Gasteiger partial charge >= 0.3 is 6.03 Å². The maximum Gasteiger partial charge on any atom is 0.315 e. The number of hydrogen-bond acceptors (Lipinski definition) is 2. The molecule has 0 atom stereocenters. The van der Waals surface area contributed by atoms with Gasteiger partial charge in [0.2, 0.25) is 0 Å². The molecule has 0 radical (unpaired) electrons. The van der Waals surface area contributed by atoms with Gasteiger partial charge in [0.15, 0.2) is 0 Å². The molecule has 0 saturated carbocycles. The van der Waals surface area contributed by atoms with Crippen molar-refractivity contribution in [2.24, 2.45) is 0 Å². The van der Waals surface area contributed by atoms with Crippen LogP contribution in [0.5, 0.6) is 5.75 Å². The number of amides is 2. The van der Waals surface area contributed by atoms with E-state index in [-0.39, 0.29) is 6.03 Å². The summed E-state index contributed by atoms with van der Waals surface area (Å²) in [5.74, 6) is 6.55. The highest BCUT2D eigenvalue weighted by molar-refractivity contribution is 5.88. The summed E-state index contributed by atoms with van der Waals surface area (Å²) >= 11 is 0. The monoisotopic (exact) mass is 282 g/mol. The van der Waals surface area contributed by atoms with E-state index in [4.69, 9.17) is 4.74 Å². The lowest BCUT2D eigenvalue weighted by molar-refractivity contribution is 0.242. The van der Waals surface area contributed by atoms with Crippen LogP contribution in [0.3, 0.4) is 0 Å². The first-order valence-corrected chi connectivity index (χ1v) is 6.89. The summed E-state index contributed by atoms with van der Waals surface area (Å²) in [6.45, 7) is 3.07. The van der Waals surface area contributed by atoms with Crippen LogP contribution in [-0.2, 0) is 0 Å². The summed E-state index contributed by atoms with van der Waals surface area (Å²) in [7, 11) is 0. The van der Waals surface area contributed by atoms with E-state index < -0.39 is 0 Å². The van der Waals surface area contributed by atoms with Crippen molar-refractivity contribution < 1.29 is 9.53 Å². The second kappa shape index (κ2) is 7.81. The van der Waals surface area contributed by atoms with E-state index in [0.29, 0.717) is 19.7 Å². The summed E-state index contributed by atoms with van der Waals surface area (Å²) in [6, 6.07) is 13.8. The van der Waals surface area contributed by atoms with Crippen molar-refractivity contribution in [3.63, 3.8) is 0 Å². The highest BCUT2D eigenvalue weighted by Crippen LogP contribution is 2.24. The third-order valence-electron chi connectivity index (χ3n) is 2.85. The molecule has 0 heterocycles. The summed E-state index contributed by atoms with van der Waals surface area (Å²) in [6.07, 6.45) is 0. The van der Waals surface area contributed by atoms with E-state index in [1.807, 2.05) is 49.4 Å². The highest BCUT2D eigenvalue weighted by Gasteiger charge is 1.99. The van der Waals surface area contributed by atoms with E-state index in [1.165, 1.54) is 0 Å². The van der Waals surface area contributed by atoms with Crippen LogP contribution in [0.25, 0.3) is 10.8 Å². The summed E-state index contributed by atoms with van der Waals surface area (Å²) < 4.78 is 5.67. The van der Waals surface area contributed by atoms with Crippen LogP contribution in [0.15, 0.2) is 42.5 Å². The Labute approximate surface area is 124 Å². The molecule has 0 aliphatic heterocycles. The molecule has 0 aliphatic rings. The quantitative estimate of drug-likeness (QED) is 0.847. The molecule has 108 valence electrons. The van der Waals surface area contributed by atoms with Crippen LogP contribution in [0, 0.1) is 11.8 Å². The second-order valence-electron chi connectivity index (χ2n) is 4.33. The molecular formula is C17H18N2O2. The van der Waals surface area contributed by atoms with Gasteiger partial charge in [-0.3, -0.25) is 0 Å². The van der Waals surface area contributed by atoms with Crippen molar-refractivity contribution in [3.8, 4) is 17.6 Å². The van der Waals surface area contributed by atoms with Gasteiger partial charge in [-0.15, -0.1) is 0 Å². The molecule has 0 spiro atoms. The van der Waals surface area contributed by atoms with Crippen molar-refractivity contribution in [1.29, 1.82) is 0 Å². The van der Waals surface area contributed by atoms with Gasteiger partial charge < -0.3 is 15.4 Å². The molecule has 21 heavy (non-hydrogen) atoms. The molecule has 2 N–H and O–H groups in total. The van der Waals surface area contributed by atoms with Crippen LogP contribution in [0.2, 0.25) is 0 Å². The summed E-state index contributed by atoms with van der Waals surface area (Å²) in [4.78, 5) is 11.1. The molecule has 0 unspecified atom stereocenters. The fraction of sp³-hybridized carbons (Fsp3) is 0.235. The van der Waals surface area contributed by atoms with Crippen molar-refractivity contribution >= 4 is 16.8 Å². The first-order valence-electron chi connectivity index (χ1n) is 6.89. The minimum absolute atomic E-state index is 0.207. The third kappa shape index (κ3) is 4.43. The Hall–Kier alpha value is -2.67. The lowest BCUT2D eigenvalue weighted by Gasteiger charge is -2.06. The topological polar surface area (TPSA) is 50.4 Å². The van der Waals surface area contributed by atoms with E-state index >= 15 is 0 Å². The van der Waals surface area contributed by atoms with Gasteiger partial charge in [0, 0.05) is 11.9 Å². The number of carbonyl (C=O) groups excluding carboxylic acids is 1.